The lowest BCUT2D eigenvalue weighted by Gasteiger charge is -2.20. The van der Waals surface area contributed by atoms with Gasteiger partial charge in [-0.05, 0) is 60.0 Å². The summed E-state index contributed by atoms with van der Waals surface area (Å²) in [5.74, 6) is -0.886. The van der Waals surface area contributed by atoms with E-state index in [0.717, 1.165) is 16.5 Å². The van der Waals surface area contributed by atoms with Crippen LogP contribution < -0.4 is 20.9 Å². The Bertz CT molecular complexity index is 1610. The van der Waals surface area contributed by atoms with Crippen LogP contribution in [0, 0.1) is 0 Å². The van der Waals surface area contributed by atoms with E-state index < -0.39 is 18.1 Å². The van der Waals surface area contributed by atoms with Crippen LogP contribution in [0.4, 0.5) is 16.2 Å². The monoisotopic (exact) mass is 554 g/mol. The van der Waals surface area contributed by atoms with Crippen LogP contribution in [0.3, 0.4) is 0 Å². The molecule has 1 amide bonds. The van der Waals surface area contributed by atoms with E-state index >= 15 is 0 Å². The van der Waals surface area contributed by atoms with Gasteiger partial charge in [-0.3, -0.25) is 10.1 Å². The molecule has 1 aromatic heterocycles. The number of anilines is 2. The highest BCUT2D eigenvalue weighted by atomic mass is 16.5. The number of aromatic nitrogens is 1. The van der Waals surface area contributed by atoms with Gasteiger partial charge >= 0.3 is 12.1 Å². The van der Waals surface area contributed by atoms with Crippen molar-refractivity contribution >= 4 is 42.2 Å². The van der Waals surface area contributed by atoms with Crippen LogP contribution in [0.25, 0.3) is 10.8 Å². The third-order valence-corrected chi connectivity index (χ3v) is 6.52. The largest absolute Gasteiger partial charge is 0.496 e. The zero-order valence-electron chi connectivity index (χ0n) is 23.0. The summed E-state index contributed by atoms with van der Waals surface area (Å²) in [6, 6.07) is 18.2. The van der Waals surface area contributed by atoms with Crippen molar-refractivity contribution in [3.8, 4) is 5.75 Å². The smallest absolute Gasteiger partial charge is 0.411 e. The highest BCUT2D eigenvalue weighted by Gasteiger charge is 2.23. The molecule has 4 N–H and O–H groups in total. The molecule has 0 saturated carbocycles. The molecule has 4 rings (SSSR count). The fourth-order valence-electron chi connectivity index (χ4n) is 4.52. The number of nitrogens with one attached hydrogen (secondary N) is 3. The van der Waals surface area contributed by atoms with Gasteiger partial charge < -0.3 is 29.7 Å². The van der Waals surface area contributed by atoms with Crippen LogP contribution >= 0.6 is 0 Å². The van der Waals surface area contributed by atoms with Gasteiger partial charge in [0, 0.05) is 41.0 Å². The van der Waals surface area contributed by atoms with Crippen molar-refractivity contribution < 1.29 is 24.2 Å². The lowest BCUT2D eigenvalue weighted by molar-refractivity contribution is -0.138. The Labute approximate surface area is 238 Å². The molecule has 0 saturated heterocycles. The maximum atomic E-state index is 12.4. The number of hydrogen-bond acceptors (Lipinski definition) is 7. The molecule has 0 aliphatic rings. The minimum absolute atomic E-state index is 0.0685. The number of H-pyrrole nitrogens is 1. The second kappa shape index (κ2) is 13.1. The van der Waals surface area contributed by atoms with Crippen molar-refractivity contribution in [3.63, 3.8) is 0 Å². The first-order valence-electron chi connectivity index (χ1n) is 12.9. The van der Waals surface area contributed by atoms with Gasteiger partial charge in [0.15, 0.2) is 14.0 Å². The van der Waals surface area contributed by atoms with Gasteiger partial charge in [0.25, 0.3) is 5.56 Å². The molecule has 210 valence electrons. The molecule has 41 heavy (non-hydrogen) atoms. The lowest BCUT2D eigenvalue weighted by Crippen LogP contribution is -2.21. The van der Waals surface area contributed by atoms with Gasteiger partial charge in [0.1, 0.15) is 5.75 Å². The number of pyridine rings is 1. The molecule has 0 aliphatic heterocycles. The minimum Gasteiger partial charge on any atom is -0.496 e. The van der Waals surface area contributed by atoms with Crippen LogP contribution in [0.2, 0.25) is 0 Å². The van der Waals surface area contributed by atoms with Crippen LogP contribution in [-0.4, -0.2) is 55.7 Å². The molecule has 0 bridgehead atoms. The van der Waals surface area contributed by atoms with Crippen LogP contribution in [0.5, 0.6) is 5.75 Å². The Morgan fingerprint density at radius 2 is 1.88 bits per heavy atom. The number of ether oxygens (including phenoxy) is 2. The van der Waals surface area contributed by atoms with E-state index in [-0.39, 0.29) is 18.1 Å². The summed E-state index contributed by atoms with van der Waals surface area (Å²) < 4.78 is 11.0. The lowest BCUT2D eigenvalue weighted by atomic mass is 9.96. The summed E-state index contributed by atoms with van der Waals surface area (Å²) in [6.07, 6.45) is 0.959. The second-order valence-corrected chi connectivity index (χ2v) is 9.77. The van der Waals surface area contributed by atoms with E-state index in [9.17, 15) is 19.5 Å². The molecule has 0 fully saturated rings. The Morgan fingerprint density at radius 1 is 1.07 bits per heavy atom. The van der Waals surface area contributed by atoms with Crippen molar-refractivity contribution in [2.45, 2.75) is 25.4 Å². The van der Waals surface area contributed by atoms with Crippen molar-refractivity contribution in [2.24, 2.45) is 0 Å². The molecule has 0 aliphatic carbocycles. The molecule has 10 nitrogen and oxygen atoms in total. The number of carbonyl (C=O) groups excluding carboxylic acids is 1. The van der Waals surface area contributed by atoms with E-state index in [2.05, 4.69) is 15.6 Å². The Hall–Kier alpha value is -4.77. The van der Waals surface area contributed by atoms with E-state index in [4.69, 9.17) is 17.5 Å². The highest BCUT2D eigenvalue weighted by Crippen LogP contribution is 2.32. The van der Waals surface area contributed by atoms with Crippen molar-refractivity contribution in [1.29, 1.82) is 0 Å². The van der Waals surface area contributed by atoms with Gasteiger partial charge in [-0.25, -0.2) is 9.59 Å². The topological polar surface area (TPSA) is 133 Å². The molecule has 1 heterocycles. The van der Waals surface area contributed by atoms with Gasteiger partial charge in [0.05, 0.1) is 13.7 Å². The minimum atomic E-state index is -1.11. The van der Waals surface area contributed by atoms with Gasteiger partial charge in [0.2, 0.25) is 0 Å². The summed E-state index contributed by atoms with van der Waals surface area (Å²) in [7, 11) is 8.95. The van der Waals surface area contributed by atoms with Crippen molar-refractivity contribution in [3.05, 3.63) is 100.0 Å². The van der Waals surface area contributed by atoms with Gasteiger partial charge in [-0.15, -0.1) is 0 Å². The number of aliphatic carboxylic acids is 1. The Balaban J connectivity index is 1.44. The van der Waals surface area contributed by atoms with E-state index in [1.54, 1.807) is 61.8 Å². The first-order valence-corrected chi connectivity index (χ1v) is 12.9. The fourth-order valence-corrected chi connectivity index (χ4v) is 4.52. The fraction of sp³-hybridized carbons (Fsp3) is 0.233. The molecular formula is C30H31BN4O6. The molecule has 0 spiro atoms. The van der Waals surface area contributed by atoms with E-state index in [1.165, 1.54) is 11.9 Å². The van der Waals surface area contributed by atoms with Gasteiger partial charge in [-0.2, -0.15) is 0 Å². The number of benzene rings is 3. The molecule has 11 heteroatoms. The molecule has 3 aromatic carbocycles. The normalized spacial score (nSPS) is 12.5. The quantitative estimate of drug-likeness (QED) is 0.197. The number of hydrogen-bond donors (Lipinski definition) is 4. The van der Waals surface area contributed by atoms with Crippen molar-refractivity contribution in [2.75, 3.05) is 31.4 Å². The number of aromatic amines is 1. The summed E-state index contributed by atoms with van der Waals surface area (Å²) in [5, 5.41) is 16.9. The first kappa shape index (κ1) is 29.2. The summed E-state index contributed by atoms with van der Waals surface area (Å²) >= 11 is 0. The molecular weight excluding hydrogens is 523 g/mol. The Morgan fingerprint density at radius 3 is 2.61 bits per heavy atom. The average Bonchev–Trinajstić information content (AvgIpc) is 2.94. The number of carboxylic acids is 1. The predicted molar refractivity (Wildman–Crippen MR) is 159 cm³/mol. The highest BCUT2D eigenvalue weighted by molar-refractivity contribution is 6.04. The summed E-state index contributed by atoms with van der Waals surface area (Å²) in [5.41, 5.74) is 2.95. The van der Waals surface area contributed by atoms with E-state index in [1.807, 2.05) is 25.1 Å². The third kappa shape index (κ3) is 7.46. The number of amides is 1. The maximum absolute atomic E-state index is 12.4. The first-order chi connectivity index (χ1) is 19.6. The standard InChI is InChI=1S/C30H31BN4O6/c1-18(17-41-30(39)34-22-6-4-5-19(13-22)16-35(2)31)24-10-8-21(14-26(24)40-3)27(29(37)38)33-23-9-7-20-11-12-32-28(36)25(20)15-23/h4-15,18,27,33H,16-17H2,1-3H3,(H,32,36)(H,34,39)(H,37,38)/t18-,27?/m0/s1. The van der Waals surface area contributed by atoms with Crippen LogP contribution in [0.15, 0.2) is 77.7 Å². The number of fused-ring (bicyclic) bond motifs is 1. The summed E-state index contributed by atoms with van der Waals surface area (Å²) in [4.78, 5) is 41.0. The molecule has 2 radical (unpaired) electrons. The van der Waals surface area contributed by atoms with Gasteiger partial charge in [-0.1, -0.05) is 37.3 Å². The van der Waals surface area contributed by atoms with Crippen LogP contribution in [0.1, 0.15) is 35.6 Å². The number of rotatable bonds is 11. The number of nitrogens with zero attached hydrogens (tertiary/aromatic N) is 1. The molecule has 4 aromatic rings. The molecule has 2 atom stereocenters. The number of carbonyl (C=O) groups is 2. The Kier molecular flexibility index (Phi) is 9.31. The van der Waals surface area contributed by atoms with Crippen LogP contribution in [-0.2, 0) is 16.1 Å². The third-order valence-electron chi connectivity index (χ3n) is 6.52. The second-order valence-electron chi connectivity index (χ2n) is 9.77. The van der Waals surface area contributed by atoms with E-state index in [0.29, 0.717) is 34.6 Å². The number of methoxy groups -OCH3 is 1. The zero-order valence-corrected chi connectivity index (χ0v) is 23.0. The maximum Gasteiger partial charge on any atom is 0.411 e. The summed E-state index contributed by atoms with van der Waals surface area (Å²) in [6.45, 7) is 2.47. The number of carboxylic acid groups (broad SMARTS) is 1. The van der Waals surface area contributed by atoms with Crippen molar-refractivity contribution in [1.82, 2.24) is 9.79 Å². The predicted octanol–water partition coefficient (Wildman–Crippen LogP) is 4.64. The SMILES string of the molecule is [B]N(C)Cc1cccc(NC(=O)OC[C@H](C)c2ccc(C(Nc3ccc4cc[nH]c(=O)c4c3)C(=O)O)cc2OC)c1. The molecule has 1 unspecified atom stereocenters. The zero-order chi connectivity index (χ0) is 29.5. The average molecular weight is 554 g/mol.